The first kappa shape index (κ1) is 18.8. The third kappa shape index (κ3) is 2.83. The Morgan fingerprint density at radius 1 is 0.844 bits per heavy atom. The van der Waals surface area contributed by atoms with Crippen LogP contribution in [-0.2, 0) is 16.8 Å². The summed E-state index contributed by atoms with van der Waals surface area (Å²) < 4.78 is 27.0. The number of fused-ring (bicyclic) bond motifs is 4. The highest BCUT2D eigenvalue weighted by atomic mass is 19.1. The van der Waals surface area contributed by atoms with E-state index in [-0.39, 0.29) is 11.8 Å². The second kappa shape index (κ2) is 7.06. The maximum absolute atomic E-state index is 15.0. The Labute approximate surface area is 184 Å². The highest BCUT2D eigenvalue weighted by molar-refractivity contribution is 5.96. The Bertz CT molecular complexity index is 1410. The first-order valence-corrected chi connectivity index (χ1v) is 10.6. The number of hydrogen-bond acceptors (Lipinski definition) is 3. The smallest absolute Gasteiger partial charge is 0.311 e. The number of benzene rings is 4. The zero-order chi connectivity index (χ0) is 21.7. The van der Waals surface area contributed by atoms with Crippen LogP contribution in [-0.4, -0.2) is 5.97 Å². The van der Waals surface area contributed by atoms with Gasteiger partial charge in [-0.05, 0) is 59.2 Å². The van der Waals surface area contributed by atoms with Crippen molar-refractivity contribution in [1.82, 2.24) is 0 Å². The fourth-order valence-corrected chi connectivity index (χ4v) is 4.67. The van der Waals surface area contributed by atoms with Gasteiger partial charge in [-0.15, -0.1) is 0 Å². The summed E-state index contributed by atoms with van der Waals surface area (Å²) >= 11 is 0. The number of aryl methyl sites for hydroxylation is 1. The standard InChI is InChI=1S/C28H19FO3/c29-24-9-5-4-8-23(24)28(20-6-2-1-3-7-20)15-14-21-22-16-19-11-13-27(30)31-26(19)17-18(22)10-12-25(21)32-28/h1-10,12,14-17H,11,13H2. The third-order valence-electron chi connectivity index (χ3n) is 6.26. The number of rotatable bonds is 2. The summed E-state index contributed by atoms with van der Waals surface area (Å²) in [5.74, 6) is 0.788. The molecule has 0 spiro atoms. The van der Waals surface area contributed by atoms with Gasteiger partial charge in [0, 0.05) is 16.7 Å². The largest absolute Gasteiger partial charge is 0.473 e. The minimum atomic E-state index is -1.07. The molecule has 2 heterocycles. The van der Waals surface area contributed by atoms with Gasteiger partial charge in [0.25, 0.3) is 0 Å². The Kier molecular flexibility index (Phi) is 4.15. The first-order chi connectivity index (χ1) is 15.6. The van der Waals surface area contributed by atoms with E-state index in [4.69, 9.17) is 9.47 Å². The highest BCUT2D eigenvalue weighted by Crippen LogP contribution is 2.45. The molecule has 1 unspecified atom stereocenters. The third-order valence-corrected chi connectivity index (χ3v) is 6.26. The number of carbonyl (C=O) groups excluding carboxylic acids is 1. The average molecular weight is 422 g/mol. The van der Waals surface area contributed by atoms with Crippen LogP contribution in [0, 0.1) is 5.82 Å². The summed E-state index contributed by atoms with van der Waals surface area (Å²) in [6.45, 7) is 0. The molecule has 32 heavy (non-hydrogen) atoms. The van der Waals surface area contributed by atoms with Crippen LogP contribution < -0.4 is 9.47 Å². The van der Waals surface area contributed by atoms with E-state index < -0.39 is 5.60 Å². The van der Waals surface area contributed by atoms with Crippen LogP contribution in [0.2, 0.25) is 0 Å². The van der Waals surface area contributed by atoms with Crippen LogP contribution in [0.1, 0.15) is 28.7 Å². The van der Waals surface area contributed by atoms with Crippen molar-refractivity contribution in [2.45, 2.75) is 18.4 Å². The van der Waals surface area contributed by atoms with Crippen LogP contribution in [0.5, 0.6) is 11.5 Å². The van der Waals surface area contributed by atoms with Crippen molar-refractivity contribution >= 4 is 22.8 Å². The molecule has 156 valence electrons. The summed E-state index contributed by atoms with van der Waals surface area (Å²) in [6, 6.07) is 24.3. The lowest BCUT2D eigenvalue weighted by atomic mass is 9.82. The minimum Gasteiger partial charge on any atom is -0.473 e. The van der Waals surface area contributed by atoms with E-state index in [1.165, 1.54) is 6.07 Å². The molecule has 0 radical (unpaired) electrons. The monoisotopic (exact) mass is 422 g/mol. The number of halogens is 1. The van der Waals surface area contributed by atoms with Crippen LogP contribution in [0.3, 0.4) is 0 Å². The van der Waals surface area contributed by atoms with Crippen LogP contribution in [0.4, 0.5) is 4.39 Å². The van der Waals surface area contributed by atoms with Crippen molar-refractivity contribution in [2.24, 2.45) is 0 Å². The fraction of sp³-hybridized carbons (Fsp3) is 0.107. The highest BCUT2D eigenvalue weighted by Gasteiger charge is 2.39. The predicted molar refractivity (Wildman–Crippen MR) is 121 cm³/mol. The van der Waals surface area contributed by atoms with Crippen molar-refractivity contribution in [1.29, 1.82) is 0 Å². The van der Waals surface area contributed by atoms with Gasteiger partial charge in [0.05, 0.1) is 6.42 Å². The zero-order valence-electron chi connectivity index (χ0n) is 17.2. The molecule has 6 rings (SSSR count). The molecule has 0 saturated heterocycles. The molecule has 0 aliphatic carbocycles. The lowest BCUT2D eigenvalue weighted by molar-refractivity contribution is -0.135. The molecule has 3 nitrogen and oxygen atoms in total. The number of ether oxygens (including phenoxy) is 2. The van der Waals surface area contributed by atoms with Gasteiger partial charge < -0.3 is 9.47 Å². The molecule has 0 saturated carbocycles. The van der Waals surface area contributed by atoms with E-state index in [0.29, 0.717) is 29.9 Å². The second-order valence-corrected chi connectivity index (χ2v) is 8.15. The van der Waals surface area contributed by atoms with Gasteiger partial charge in [-0.25, -0.2) is 4.39 Å². The van der Waals surface area contributed by atoms with Crippen molar-refractivity contribution in [3.8, 4) is 11.5 Å². The molecular weight excluding hydrogens is 403 g/mol. The van der Waals surface area contributed by atoms with Gasteiger partial charge in [0.1, 0.15) is 17.3 Å². The van der Waals surface area contributed by atoms with E-state index in [1.54, 1.807) is 12.1 Å². The average Bonchev–Trinajstić information content (AvgIpc) is 2.83. The van der Waals surface area contributed by atoms with Gasteiger partial charge in [-0.3, -0.25) is 4.79 Å². The van der Waals surface area contributed by atoms with Crippen molar-refractivity contribution < 1.29 is 18.7 Å². The molecule has 4 heteroatoms. The first-order valence-electron chi connectivity index (χ1n) is 10.6. The quantitative estimate of drug-likeness (QED) is 0.286. The van der Waals surface area contributed by atoms with Crippen molar-refractivity contribution in [2.75, 3.05) is 0 Å². The topological polar surface area (TPSA) is 35.5 Å². The molecule has 2 aliphatic heterocycles. The molecule has 4 aromatic rings. The van der Waals surface area contributed by atoms with E-state index >= 15 is 0 Å². The summed E-state index contributed by atoms with van der Waals surface area (Å²) in [6.07, 6.45) is 4.98. The Hall–Kier alpha value is -3.92. The molecule has 4 aromatic carbocycles. The van der Waals surface area contributed by atoms with Gasteiger partial charge in [0.2, 0.25) is 0 Å². The summed E-state index contributed by atoms with van der Waals surface area (Å²) in [5.41, 5.74) is 2.19. The van der Waals surface area contributed by atoms with Gasteiger partial charge >= 0.3 is 5.97 Å². The lowest BCUT2D eigenvalue weighted by Gasteiger charge is -2.36. The van der Waals surface area contributed by atoms with E-state index in [2.05, 4.69) is 6.07 Å². The second-order valence-electron chi connectivity index (χ2n) is 8.15. The van der Waals surface area contributed by atoms with Gasteiger partial charge in [-0.1, -0.05) is 54.6 Å². The molecule has 0 aromatic heterocycles. The maximum Gasteiger partial charge on any atom is 0.311 e. The van der Waals surface area contributed by atoms with Crippen LogP contribution in [0.15, 0.2) is 84.9 Å². The summed E-state index contributed by atoms with van der Waals surface area (Å²) in [4.78, 5) is 11.7. The summed E-state index contributed by atoms with van der Waals surface area (Å²) in [7, 11) is 0. The number of hydrogen-bond donors (Lipinski definition) is 0. The Morgan fingerprint density at radius 3 is 2.50 bits per heavy atom. The molecule has 1 atom stereocenters. The summed E-state index contributed by atoms with van der Waals surface area (Å²) in [5, 5.41) is 1.98. The van der Waals surface area contributed by atoms with E-state index in [0.717, 1.165) is 27.5 Å². The molecular formula is C28H19FO3. The zero-order valence-corrected chi connectivity index (χ0v) is 17.2. The predicted octanol–water partition coefficient (Wildman–Crippen LogP) is 6.18. The minimum absolute atomic E-state index is 0.199. The lowest BCUT2D eigenvalue weighted by Crippen LogP contribution is -2.35. The van der Waals surface area contributed by atoms with Gasteiger partial charge in [-0.2, -0.15) is 0 Å². The van der Waals surface area contributed by atoms with Gasteiger partial charge in [0.15, 0.2) is 5.60 Å². The normalized spacial score (nSPS) is 19.1. The van der Waals surface area contributed by atoms with E-state index in [9.17, 15) is 9.18 Å². The van der Waals surface area contributed by atoms with Crippen molar-refractivity contribution in [3.63, 3.8) is 0 Å². The molecule has 0 amide bonds. The molecule has 0 N–H and O–H groups in total. The Morgan fingerprint density at radius 2 is 1.66 bits per heavy atom. The SMILES string of the molecule is O=C1CCc2cc3c4c(ccc3cc2O1)OC(c1ccccc1)(c1ccccc1F)C=C4. The van der Waals surface area contributed by atoms with Crippen molar-refractivity contribution in [3.05, 3.63) is 113 Å². The number of esters is 1. The fourth-order valence-electron chi connectivity index (χ4n) is 4.67. The maximum atomic E-state index is 15.0. The molecule has 0 fully saturated rings. The van der Waals surface area contributed by atoms with Crippen LogP contribution >= 0.6 is 0 Å². The Balaban J connectivity index is 1.55. The molecule has 2 aliphatic rings. The number of carbonyl (C=O) groups is 1. The van der Waals surface area contributed by atoms with Crippen LogP contribution in [0.25, 0.3) is 16.8 Å². The molecule has 0 bridgehead atoms. The van der Waals surface area contributed by atoms with E-state index in [1.807, 2.05) is 66.7 Å².